The van der Waals surface area contributed by atoms with Crippen LogP contribution in [0.15, 0.2) is 18.5 Å². The molecule has 0 fully saturated rings. The van der Waals surface area contributed by atoms with E-state index >= 15 is 0 Å². The number of pyridine rings is 1. The van der Waals surface area contributed by atoms with E-state index in [-0.39, 0.29) is 0 Å². The minimum absolute atomic E-state index is 0.435. The lowest BCUT2D eigenvalue weighted by molar-refractivity contribution is 0.851. The maximum atomic E-state index is 5.98. The van der Waals surface area contributed by atoms with Crippen LogP contribution in [0.3, 0.4) is 0 Å². The van der Waals surface area contributed by atoms with Crippen molar-refractivity contribution in [3.63, 3.8) is 0 Å². The smallest absolute Gasteiger partial charge is 0.172 e. The van der Waals surface area contributed by atoms with E-state index in [0.717, 1.165) is 5.56 Å². The number of nitrogen functional groups attached to an aromatic ring is 1. The monoisotopic (exact) mass is 242 g/mol. The van der Waals surface area contributed by atoms with Crippen molar-refractivity contribution in [3.8, 4) is 5.82 Å². The van der Waals surface area contributed by atoms with Crippen molar-refractivity contribution < 1.29 is 0 Å². The van der Waals surface area contributed by atoms with Gasteiger partial charge in [0.05, 0.1) is 10.0 Å². The Balaban J connectivity index is 2.54. The predicted molar refractivity (Wildman–Crippen MR) is 60.5 cm³/mol. The molecule has 0 aliphatic rings. The molecule has 0 saturated heterocycles. The predicted octanol–water partition coefficient (Wildman–Crippen LogP) is 2.46. The standard InChI is InChI=1S/C9H8Cl2N4/c1-5-4-15(14-8(5)12)9-7(11)2-6(10)3-13-9/h2-4H,1H3,(H2,12,14). The average molecular weight is 243 g/mol. The number of aryl methyl sites for hydroxylation is 1. The number of rotatable bonds is 1. The van der Waals surface area contributed by atoms with Crippen molar-refractivity contribution in [2.24, 2.45) is 0 Å². The van der Waals surface area contributed by atoms with Crippen LogP contribution in [0, 0.1) is 6.92 Å². The second-order valence-corrected chi connectivity index (χ2v) is 3.94. The third-order valence-corrected chi connectivity index (χ3v) is 2.43. The summed E-state index contributed by atoms with van der Waals surface area (Å²) in [6.07, 6.45) is 3.27. The summed E-state index contributed by atoms with van der Waals surface area (Å²) in [5.41, 5.74) is 6.51. The Hall–Kier alpha value is -1.26. The van der Waals surface area contributed by atoms with Crippen LogP contribution in [-0.2, 0) is 0 Å². The zero-order valence-electron chi connectivity index (χ0n) is 7.91. The second-order valence-electron chi connectivity index (χ2n) is 3.10. The van der Waals surface area contributed by atoms with Gasteiger partial charge in [0.2, 0.25) is 0 Å². The Bertz CT molecular complexity index is 487. The van der Waals surface area contributed by atoms with Gasteiger partial charge in [-0.15, -0.1) is 5.10 Å². The first kappa shape index (κ1) is 10.3. The Morgan fingerprint density at radius 1 is 1.40 bits per heavy atom. The molecule has 0 spiro atoms. The molecule has 2 N–H and O–H groups in total. The molecular weight excluding hydrogens is 235 g/mol. The fourth-order valence-electron chi connectivity index (χ4n) is 1.16. The Morgan fingerprint density at radius 2 is 2.13 bits per heavy atom. The molecule has 2 rings (SSSR count). The number of hydrogen-bond donors (Lipinski definition) is 1. The maximum Gasteiger partial charge on any atom is 0.172 e. The molecule has 2 aromatic heterocycles. The van der Waals surface area contributed by atoms with Gasteiger partial charge in [-0.1, -0.05) is 23.2 Å². The van der Waals surface area contributed by atoms with Crippen LogP contribution in [0.1, 0.15) is 5.56 Å². The quantitative estimate of drug-likeness (QED) is 0.836. The van der Waals surface area contributed by atoms with Crippen LogP contribution < -0.4 is 5.73 Å². The number of halogens is 2. The lowest BCUT2D eigenvalue weighted by Crippen LogP contribution is -1.99. The van der Waals surface area contributed by atoms with Crippen molar-refractivity contribution in [2.75, 3.05) is 5.73 Å². The van der Waals surface area contributed by atoms with Crippen LogP contribution in [0.5, 0.6) is 0 Å². The normalized spacial score (nSPS) is 10.6. The van der Waals surface area contributed by atoms with Gasteiger partial charge in [-0.2, -0.15) is 0 Å². The van der Waals surface area contributed by atoms with Crippen molar-refractivity contribution >= 4 is 29.0 Å². The Labute approximate surface area is 96.6 Å². The summed E-state index contributed by atoms with van der Waals surface area (Å²) < 4.78 is 1.53. The summed E-state index contributed by atoms with van der Waals surface area (Å²) >= 11 is 11.7. The summed E-state index contributed by atoms with van der Waals surface area (Å²) in [5.74, 6) is 0.976. The highest BCUT2D eigenvalue weighted by molar-refractivity contribution is 6.35. The number of nitrogens with two attached hydrogens (primary N) is 1. The molecule has 2 heterocycles. The van der Waals surface area contributed by atoms with E-state index in [9.17, 15) is 0 Å². The third-order valence-electron chi connectivity index (χ3n) is 1.94. The number of nitrogens with zero attached hydrogens (tertiary/aromatic N) is 3. The van der Waals surface area contributed by atoms with Crippen molar-refractivity contribution in [1.29, 1.82) is 0 Å². The highest BCUT2D eigenvalue weighted by atomic mass is 35.5. The summed E-state index contributed by atoms with van der Waals surface area (Å²) in [5, 5.41) is 5.00. The topological polar surface area (TPSA) is 56.7 Å². The first-order chi connectivity index (χ1) is 7.08. The number of hydrogen-bond acceptors (Lipinski definition) is 3. The van der Waals surface area contributed by atoms with E-state index in [0.29, 0.717) is 21.7 Å². The molecule has 4 nitrogen and oxygen atoms in total. The largest absolute Gasteiger partial charge is 0.382 e. The summed E-state index contributed by atoms with van der Waals surface area (Å²) in [6.45, 7) is 1.86. The molecule has 0 amide bonds. The van der Waals surface area contributed by atoms with Gasteiger partial charge in [0, 0.05) is 18.0 Å². The molecule has 6 heteroatoms. The minimum atomic E-state index is 0.435. The van der Waals surface area contributed by atoms with Gasteiger partial charge in [-0.3, -0.25) is 0 Å². The molecule has 0 atom stereocenters. The van der Waals surface area contributed by atoms with Crippen molar-refractivity contribution in [1.82, 2.24) is 14.8 Å². The second kappa shape index (κ2) is 3.72. The van der Waals surface area contributed by atoms with Gasteiger partial charge in [0.1, 0.15) is 5.82 Å². The summed E-state index contributed by atoms with van der Waals surface area (Å²) in [7, 11) is 0. The molecule has 0 unspecified atom stereocenters. The Kier molecular flexibility index (Phi) is 2.54. The van der Waals surface area contributed by atoms with Crippen LogP contribution in [0.2, 0.25) is 10.0 Å². The van der Waals surface area contributed by atoms with E-state index < -0.39 is 0 Å². The molecule has 0 bridgehead atoms. The van der Waals surface area contributed by atoms with E-state index in [1.54, 1.807) is 12.3 Å². The molecule has 0 radical (unpaired) electrons. The number of aromatic nitrogens is 3. The van der Waals surface area contributed by atoms with Crippen molar-refractivity contribution in [3.05, 3.63) is 34.1 Å². The average Bonchev–Trinajstić information content (AvgIpc) is 2.46. The van der Waals surface area contributed by atoms with Crippen LogP contribution in [-0.4, -0.2) is 14.8 Å². The van der Waals surface area contributed by atoms with Crippen LogP contribution in [0.25, 0.3) is 5.82 Å². The summed E-state index contributed by atoms with van der Waals surface area (Å²) in [4.78, 5) is 4.08. The highest BCUT2D eigenvalue weighted by Crippen LogP contribution is 2.22. The van der Waals surface area contributed by atoms with Gasteiger partial charge in [0.25, 0.3) is 0 Å². The Morgan fingerprint density at radius 3 is 2.67 bits per heavy atom. The zero-order valence-corrected chi connectivity index (χ0v) is 9.42. The van der Waals surface area contributed by atoms with E-state index in [1.807, 2.05) is 6.92 Å². The van der Waals surface area contributed by atoms with Gasteiger partial charge in [-0.05, 0) is 13.0 Å². The fourth-order valence-corrected chi connectivity index (χ4v) is 1.62. The van der Waals surface area contributed by atoms with Crippen LogP contribution >= 0.6 is 23.2 Å². The molecule has 15 heavy (non-hydrogen) atoms. The zero-order chi connectivity index (χ0) is 11.0. The van der Waals surface area contributed by atoms with E-state index in [2.05, 4.69) is 10.1 Å². The van der Waals surface area contributed by atoms with Gasteiger partial charge in [-0.25, -0.2) is 9.67 Å². The summed E-state index contributed by atoms with van der Waals surface area (Å²) in [6, 6.07) is 1.61. The fraction of sp³-hybridized carbons (Fsp3) is 0.111. The van der Waals surface area contributed by atoms with Gasteiger partial charge < -0.3 is 5.73 Å². The highest BCUT2D eigenvalue weighted by Gasteiger charge is 2.08. The molecule has 0 aliphatic heterocycles. The van der Waals surface area contributed by atoms with Crippen molar-refractivity contribution in [2.45, 2.75) is 6.92 Å². The minimum Gasteiger partial charge on any atom is -0.382 e. The van der Waals surface area contributed by atoms with Gasteiger partial charge >= 0.3 is 0 Å². The van der Waals surface area contributed by atoms with Crippen LogP contribution in [0.4, 0.5) is 5.82 Å². The molecule has 78 valence electrons. The molecule has 0 aliphatic carbocycles. The lowest BCUT2D eigenvalue weighted by atomic mass is 10.4. The lowest BCUT2D eigenvalue weighted by Gasteiger charge is -2.02. The van der Waals surface area contributed by atoms with Gasteiger partial charge in [0.15, 0.2) is 5.82 Å². The molecule has 0 saturated carbocycles. The SMILES string of the molecule is Cc1cn(-c2ncc(Cl)cc2Cl)nc1N. The van der Waals surface area contributed by atoms with E-state index in [4.69, 9.17) is 28.9 Å². The third kappa shape index (κ3) is 1.91. The molecule has 2 aromatic rings. The number of anilines is 1. The van der Waals surface area contributed by atoms with E-state index in [1.165, 1.54) is 10.9 Å². The molecular formula is C9H8Cl2N4. The first-order valence-electron chi connectivity index (χ1n) is 4.21. The first-order valence-corrected chi connectivity index (χ1v) is 4.96. The maximum absolute atomic E-state index is 5.98. The molecule has 0 aromatic carbocycles.